The van der Waals surface area contributed by atoms with Gasteiger partial charge in [-0.2, -0.15) is 0 Å². The Morgan fingerprint density at radius 2 is 0.500 bits per heavy atom. The molecule has 584 valence electrons. The molecule has 0 fully saturated rings. The monoisotopic (exact) mass is 1530 g/mol. The first-order chi connectivity index (χ1) is 53.8. The molecule has 0 radical (unpaired) electrons. The molecule has 0 amide bonds. The molecule has 8 aromatic carbocycles. The van der Waals surface area contributed by atoms with Crippen LogP contribution in [0, 0.1) is 19.7 Å². The third-order valence-electron chi connectivity index (χ3n) is 15.7. The minimum absolute atomic E-state index is 0.0335. The van der Waals surface area contributed by atoms with Gasteiger partial charge in [0.25, 0.3) is 0 Å². The van der Waals surface area contributed by atoms with Gasteiger partial charge in [0.05, 0.1) is 95.8 Å². The van der Waals surface area contributed by atoms with Crippen LogP contribution >= 0.6 is 0 Å². The molecule has 3 N–H and O–H groups in total. The summed E-state index contributed by atoms with van der Waals surface area (Å²) in [6, 6.07) is 40.4. The van der Waals surface area contributed by atoms with E-state index >= 15 is 0 Å². The van der Waals surface area contributed by atoms with Crippen molar-refractivity contribution in [2.75, 3.05) is 70.1 Å². The quantitative estimate of drug-likeness (QED) is 0.0243. The van der Waals surface area contributed by atoms with Gasteiger partial charge in [-0.25, -0.2) is 4.39 Å². The minimum atomic E-state index is -0.478. The van der Waals surface area contributed by atoms with Crippen LogP contribution in [0.15, 0.2) is 194 Å². The number of hydrogen-bond acceptors (Lipinski definition) is 21. The molecular formula is C90H91FO21. The van der Waals surface area contributed by atoms with Gasteiger partial charge in [-0.1, -0.05) is 109 Å². The highest BCUT2D eigenvalue weighted by atomic mass is 19.1. The van der Waals surface area contributed by atoms with E-state index in [2.05, 4.69) is 0 Å². The lowest BCUT2D eigenvalue weighted by Gasteiger charge is -2.07. The number of carbonyl (C=O) groups excluding carboxylic acids is 8. The van der Waals surface area contributed by atoms with Crippen LogP contribution in [0.1, 0.15) is 95.2 Å². The maximum atomic E-state index is 13.4. The number of hydrogen-bond donors (Lipinski definition) is 3. The molecule has 0 spiro atoms. The van der Waals surface area contributed by atoms with Gasteiger partial charge in [0.1, 0.15) is 11.5 Å². The van der Waals surface area contributed by atoms with E-state index in [0.717, 1.165) is 44.9 Å². The fourth-order valence-corrected chi connectivity index (χ4v) is 9.86. The van der Waals surface area contributed by atoms with Crippen molar-refractivity contribution in [2.24, 2.45) is 0 Å². The van der Waals surface area contributed by atoms with E-state index in [1.807, 2.05) is 64.1 Å². The van der Waals surface area contributed by atoms with Crippen LogP contribution in [-0.4, -0.2) is 132 Å². The summed E-state index contributed by atoms with van der Waals surface area (Å²) in [7, 11) is 12.0. The number of carbonyl (C=O) groups is 8. The summed E-state index contributed by atoms with van der Waals surface area (Å²) in [5.74, 6) is 1.94. The van der Waals surface area contributed by atoms with Gasteiger partial charge in [-0.05, 0) is 217 Å². The van der Waals surface area contributed by atoms with Crippen LogP contribution in [0.5, 0.6) is 74.7 Å². The van der Waals surface area contributed by atoms with E-state index < -0.39 is 5.82 Å². The predicted octanol–water partition coefficient (Wildman–Crippen LogP) is 16.5. The Morgan fingerprint density at radius 3 is 0.804 bits per heavy atom. The summed E-state index contributed by atoms with van der Waals surface area (Å²) in [5, 5.41) is 29.1. The molecule has 0 saturated heterocycles. The SMILES string of the molecule is CCOc1cc(/C=C/C(=O)CC(=O)/C=C/c2ccc(O)c(OCC)c2)ccc1C.COc1cc(/C=C/C(=O)CC(=O)/C=C/c2ccc(F)c(OC)c2)ccc1C.COc1ccc(/C=C/C(=O)CC(=O)/C=C/c2ccc(OC)c(O)c2)cc1O.COc1ccc(/C=C/C(=O)CC(=O)/C=C/c2ccc(OC)c(OC)c2)cc1OC. The zero-order valence-electron chi connectivity index (χ0n) is 64.4. The number of allylic oxidation sites excluding steroid dienone is 8. The highest BCUT2D eigenvalue weighted by Crippen LogP contribution is 2.33. The summed E-state index contributed by atoms with van der Waals surface area (Å²) in [6.07, 6.45) is 22.5. The first-order valence-electron chi connectivity index (χ1n) is 34.8. The van der Waals surface area contributed by atoms with Crippen molar-refractivity contribution in [2.45, 2.75) is 53.4 Å². The van der Waals surface area contributed by atoms with Gasteiger partial charge < -0.3 is 62.7 Å². The highest BCUT2D eigenvalue weighted by Gasteiger charge is 2.13. The molecule has 8 rings (SSSR count). The molecule has 22 heteroatoms. The number of phenols is 3. The Balaban J connectivity index is 0.000000267. The molecule has 0 aliphatic rings. The fourth-order valence-electron chi connectivity index (χ4n) is 9.86. The second-order valence-corrected chi connectivity index (χ2v) is 23.9. The first-order valence-corrected chi connectivity index (χ1v) is 34.8. The maximum Gasteiger partial charge on any atom is 0.165 e. The molecule has 0 unspecified atom stereocenters. The Labute approximate surface area is 651 Å². The van der Waals surface area contributed by atoms with Crippen molar-refractivity contribution < 1.29 is 105 Å². The average Bonchev–Trinajstić information content (AvgIpc) is 0.739. The standard InChI is InChI=1S/C24H26O5.C23H24O6.C22H21FO4.C21H20O6/c1-4-28-23-14-18(7-6-17(23)3)8-11-20(25)16-21(26)12-9-19-10-13-22(27)24(15-19)29-5-2;1-26-20-11-7-16(13-22(20)28-3)5-9-18(24)15-19(25)10-6-17-8-12-21(27-2)23(14-17)29-4;1-15-4-5-16(12-21(15)26-2)6-9-18(24)14-19(25)10-7-17-8-11-20(23)22(13-17)27-3;1-26-20-9-5-14(11-18(20)24)3-7-16(22)13-17(23)8-4-15-6-10-21(27-2)19(25)12-15/h6-15,27H,4-5,16H2,1-3H3;5-14H,15H2,1-4H3;4-13H,14H2,1-3H3;3-12,24-25H,13H2,1-2H3/b11-8+,12-9+;9-5+,10-6+;9-6+,10-7+;7-3+,8-4+. The number of ketones is 8. The lowest BCUT2D eigenvalue weighted by molar-refractivity contribution is -0.123. The van der Waals surface area contributed by atoms with Crippen LogP contribution in [0.25, 0.3) is 48.6 Å². The lowest BCUT2D eigenvalue weighted by Crippen LogP contribution is -2.02. The minimum Gasteiger partial charge on any atom is -0.504 e. The molecule has 0 bridgehead atoms. The van der Waals surface area contributed by atoms with Crippen molar-refractivity contribution in [3.05, 3.63) is 256 Å². The molecule has 112 heavy (non-hydrogen) atoms. The topological polar surface area (TPSA) is 290 Å². The zero-order valence-corrected chi connectivity index (χ0v) is 64.4. The van der Waals surface area contributed by atoms with Gasteiger partial charge in [0.2, 0.25) is 0 Å². The van der Waals surface area contributed by atoms with E-state index in [1.54, 1.807) is 139 Å². The largest absolute Gasteiger partial charge is 0.504 e. The molecular weight excluding hydrogens is 1440 g/mol. The number of benzene rings is 8. The van der Waals surface area contributed by atoms with E-state index in [0.29, 0.717) is 75.7 Å². The Kier molecular flexibility index (Phi) is 37.5. The van der Waals surface area contributed by atoms with Crippen molar-refractivity contribution in [1.82, 2.24) is 0 Å². The molecule has 0 atom stereocenters. The van der Waals surface area contributed by atoms with Crippen LogP contribution in [-0.2, 0) is 38.4 Å². The van der Waals surface area contributed by atoms with E-state index in [9.17, 15) is 58.1 Å². The highest BCUT2D eigenvalue weighted by molar-refractivity contribution is 6.13. The van der Waals surface area contributed by atoms with Gasteiger partial charge in [0, 0.05) is 0 Å². The predicted molar refractivity (Wildman–Crippen MR) is 432 cm³/mol. The normalized spacial score (nSPS) is 11.0. The number of phenolic OH excluding ortho intramolecular Hbond substituents is 3. The van der Waals surface area contributed by atoms with Crippen LogP contribution in [0.2, 0.25) is 0 Å². The second kappa shape index (κ2) is 47.2. The summed E-state index contributed by atoms with van der Waals surface area (Å²) < 4.78 is 65.1. The number of methoxy groups -OCH3 is 8. The first kappa shape index (κ1) is 89.0. The lowest BCUT2D eigenvalue weighted by atomic mass is 10.1. The van der Waals surface area contributed by atoms with Gasteiger partial charge in [-0.3, -0.25) is 38.4 Å². The number of halogens is 1. The van der Waals surface area contributed by atoms with Crippen molar-refractivity contribution in [3.8, 4) is 74.7 Å². The van der Waals surface area contributed by atoms with E-state index in [4.69, 9.17) is 47.4 Å². The summed E-state index contributed by atoms with van der Waals surface area (Å²) in [5.41, 5.74) is 7.73. The molecule has 0 aliphatic carbocycles. The number of rotatable bonds is 36. The van der Waals surface area contributed by atoms with Crippen molar-refractivity contribution in [1.29, 1.82) is 0 Å². The Morgan fingerprint density at radius 1 is 0.268 bits per heavy atom. The molecule has 0 heterocycles. The van der Waals surface area contributed by atoms with Crippen LogP contribution < -0.4 is 47.4 Å². The Hall–Kier alpha value is -13.6. The average molecular weight is 1530 g/mol. The van der Waals surface area contributed by atoms with E-state index in [-0.39, 0.29) is 94.9 Å². The smallest absolute Gasteiger partial charge is 0.165 e. The van der Waals surface area contributed by atoms with Crippen LogP contribution in [0.4, 0.5) is 4.39 Å². The third kappa shape index (κ3) is 30.9. The maximum absolute atomic E-state index is 13.4. The fraction of sp³-hybridized carbons (Fsp3) is 0.200. The zero-order chi connectivity index (χ0) is 82.1. The summed E-state index contributed by atoms with van der Waals surface area (Å²) >= 11 is 0. The molecule has 0 aliphatic heterocycles. The number of ether oxygens (including phenoxy) is 10. The van der Waals surface area contributed by atoms with Gasteiger partial charge in [-0.15, -0.1) is 0 Å². The van der Waals surface area contributed by atoms with Crippen LogP contribution in [0.3, 0.4) is 0 Å². The van der Waals surface area contributed by atoms with Gasteiger partial charge in [0.15, 0.2) is 115 Å². The summed E-state index contributed by atoms with van der Waals surface area (Å²) in [6.45, 7) is 8.62. The number of aryl methyl sites for hydroxylation is 2. The molecule has 21 nitrogen and oxygen atoms in total. The Bertz CT molecular complexity index is 4560. The number of aromatic hydroxyl groups is 3. The van der Waals surface area contributed by atoms with Crippen molar-refractivity contribution in [3.63, 3.8) is 0 Å². The second-order valence-electron chi connectivity index (χ2n) is 23.9. The molecule has 8 aromatic rings. The molecule has 0 saturated carbocycles. The summed E-state index contributed by atoms with van der Waals surface area (Å²) in [4.78, 5) is 96.0. The third-order valence-corrected chi connectivity index (χ3v) is 15.7. The van der Waals surface area contributed by atoms with E-state index in [1.165, 1.54) is 125 Å². The van der Waals surface area contributed by atoms with Crippen molar-refractivity contribution >= 4 is 94.9 Å². The van der Waals surface area contributed by atoms with Gasteiger partial charge >= 0.3 is 0 Å². The molecule has 0 aromatic heterocycles.